The molecule has 1 aromatic rings. The topological polar surface area (TPSA) is 91.4 Å². The van der Waals surface area contributed by atoms with Crippen molar-refractivity contribution in [2.24, 2.45) is 0 Å². The third-order valence-corrected chi connectivity index (χ3v) is 4.01. The van der Waals surface area contributed by atoms with Crippen LogP contribution in [0.1, 0.15) is 18.4 Å². The molecule has 3 rings (SSSR count). The molecule has 2 N–H and O–H groups in total. The smallest absolute Gasteiger partial charge is 0.322 e. The highest BCUT2D eigenvalue weighted by Gasteiger charge is 2.51. The van der Waals surface area contributed by atoms with Crippen LogP contribution in [0.2, 0.25) is 0 Å². The first kappa shape index (κ1) is 13.5. The van der Waals surface area contributed by atoms with Crippen molar-refractivity contribution in [3.8, 4) is 0 Å². The van der Waals surface area contributed by atoms with Crippen molar-refractivity contribution in [3.05, 3.63) is 30.1 Å². The van der Waals surface area contributed by atoms with Gasteiger partial charge in [0, 0.05) is 25.4 Å². The third kappa shape index (κ3) is 2.58. The molecule has 4 amide bonds. The second-order valence-electron chi connectivity index (χ2n) is 5.41. The first-order valence-corrected chi connectivity index (χ1v) is 6.89. The molecule has 7 heteroatoms. The van der Waals surface area contributed by atoms with Crippen LogP contribution in [0.5, 0.6) is 0 Å². The molecule has 7 nitrogen and oxygen atoms in total. The minimum absolute atomic E-state index is 0.00219. The monoisotopic (exact) mass is 288 g/mol. The SMILES string of the molecule is O=C1NC(=O)C2(CCN(C(=O)CCc3ccncc3)C2)N1. The van der Waals surface area contributed by atoms with Gasteiger partial charge in [-0.05, 0) is 30.5 Å². The molecule has 1 spiro atoms. The lowest BCUT2D eigenvalue weighted by Gasteiger charge is -2.21. The van der Waals surface area contributed by atoms with E-state index in [0.29, 0.717) is 25.8 Å². The van der Waals surface area contributed by atoms with Crippen LogP contribution in [0.3, 0.4) is 0 Å². The number of carbonyl (C=O) groups excluding carboxylic acids is 3. The van der Waals surface area contributed by atoms with Gasteiger partial charge in [0.2, 0.25) is 5.91 Å². The van der Waals surface area contributed by atoms with Crippen molar-refractivity contribution in [1.82, 2.24) is 20.5 Å². The summed E-state index contributed by atoms with van der Waals surface area (Å²) in [6, 6.07) is 3.28. The average Bonchev–Trinajstić information content (AvgIpc) is 3.02. The Bertz CT molecular complexity index is 589. The van der Waals surface area contributed by atoms with Gasteiger partial charge >= 0.3 is 6.03 Å². The van der Waals surface area contributed by atoms with Crippen LogP contribution in [0, 0.1) is 0 Å². The summed E-state index contributed by atoms with van der Waals surface area (Å²) in [6.45, 7) is 0.739. The van der Waals surface area contributed by atoms with E-state index in [0.717, 1.165) is 5.56 Å². The van der Waals surface area contributed by atoms with Gasteiger partial charge in [-0.2, -0.15) is 0 Å². The molecule has 2 aliphatic heterocycles. The molecule has 3 heterocycles. The maximum atomic E-state index is 12.2. The molecule has 0 aliphatic carbocycles. The number of nitrogens with zero attached hydrogens (tertiary/aromatic N) is 2. The first-order valence-electron chi connectivity index (χ1n) is 6.89. The zero-order valence-electron chi connectivity index (χ0n) is 11.5. The highest BCUT2D eigenvalue weighted by molar-refractivity contribution is 6.07. The molecule has 2 saturated heterocycles. The van der Waals surface area contributed by atoms with E-state index in [1.807, 2.05) is 12.1 Å². The van der Waals surface area contributed by atoms with Crippen LogP contribution < -0.4 is 10.6 Å². The standard InChI is InChI=1S/C14H16N4O3/c19-11(2-1-10-3-6-15-7-4-10)18-8-5-14(9-18)12(20)16-13(21)17-14/h3-4,6-7H,1-2,5,8-9H2,(H2,16,17,20,21). The van der Waals surface area contributed by atoms with Gasteiger partial charge < -0.3 is 10.2 Å². The molecular weight excluding hydrogens is 272 g/mol. The number of likely N-dealkylation sites (tertiary alicyclic amines) is 1. The maximum absolute atomic E-state index is 12.2. The number of hydrogen-bond acceptors (Lipinski definition) is 4. The van der Waals surface area contributed by atoms with E-state index >= 15 is 0 Å². The van der Waals surface area contributed by atoms with Crippen molar-refractivity contribution in [2.75, 3.05) is 13.1 Å². The zero-order valence-corrected chi connectivity index (χ0v) is 11.5. The summed E-state index contributed by atoms with van der Waals surface area (Å²) in [6.07, 6.45) is 4.89. The lowest BCUT2D eigenvalue weighted by Crippen LogP contribution is -2.49. The van der Waals surface area contributed by atoms with Crippen molar-refractivity contribution in [3.63, 3.8) is 0 Å². The second-order valence-corrected chi connectivity index (χ2v) is 5.41. The first-order chi connectivity index (χ1) is 10.1. The van der Waals surface area contributed by atoms with Crippen LogP contribution >= 0.6 is 0 Å². The predicted molar refractivity (Wildman–Crippen MR) is 73.2 cm³/mol. The van der Waals surface area contributed by atoms with E-state index in [2.05, 4.69) is 15.6 Å². The second kappa shape index (κ2) is 5.16. The van der Waals surface area contributed by atoms with Crippen LogP contribution in [-0.4, -0.2) is 46.4 Å². The molecule has 21 heavy (non-hydrogen) atoms. The van der Waals surface area contributed by atoms with Crippen LogP contribution in [0.25, 0.3) is 0 Å². The Labute approximate surface area is 121 Å². The Morgan fingerprint density at radius 2 is 2.10 bits per heavy atom. The van der Waals surface area contributed by atoms with Gasteiger partial charge in [-0.25, -0.2) is 4.79 Å². The highest BCUT2D eigenvalue weighted by atomic mass is 16.2. The molecule has 0 bridgehead atoms. The molecule has 1 unspecified atom stereocenters. The summed E-state index contributed by atoms with van der Waals surface area (Å²) in [5.74, 6) is -0.338. The number of carbonyl (C=O) groups is 3. The fraction of sp³-hybridized carbons (Fsp3) is 0.429. The molecule has 2 aliphatic rings. The summed E-state index contributed by atoms with van der Waals surface area (Å²) in [4.78, 5) is 40.9. The number of hydrogen-bond donors (Lipinski definition) is 2. The zero-order chi connectivity index (χ0) is 14.9. The fourth-order valence-electron chi connectivity index (χ4n) is 2.80. The van der Waals surface area contributed by atoms with Crippen LogP contribution in [0.15, 0.2) is 24.5 Å². The van der Waals surface area contributed by atoms with Gasteiger partial charge in [0.05, 0.1) is 6.54 Å². The minimum Gasteiger partial charge on any atom is -0.340 e. The summed E-state index contributed by atoms with van der Waals surface area (Å²) >= 11 is 0. The Morgan fingerprint density at radius 1 is 1.33 bits per heavy atom. The molecule has 1 atom stereocenters. The lowest BCUT2D eigenvalue weighted by atomic mass is 9.99. The van der Waals surface area contributed by atoms with Gasteiger partial charge in [0.15, 0.2) is 0 Å². The Kier molecular flexibility index (Phi) is 3.32. The van der Waals surface area contributed by atoms with Crippen molar-refractivity contribution in [2.45, 2.75) is 24.8 Å². The van der Waals surface area contributed by atoms with Gasteiger partial charge in [0.1, 0.15) is 5.54 Å². The van der Waals surface area contributed by atoms with Crippen molar-refractivity contribution in [1.29, 1.82) is 0 Å². The Balaban J connectivity index is 1.58. The summed E-state index contributed by atoms with van der Waals surface area (Å²) in [5.41, 5.74) is 0.128. The van der Waals surface area contributed by atoms with E-state index in [9.17, 15) is 14.4 Å². The molecule has 1 aromatic heterocycles. The number of aryl methyl sites for hydroxylation is 1. The van der Waals surface area contributed by atoms with Crippen molar-refractivity contribution < 1.29 is 14.4 Å². The summed E-state index contributed by atoms with van der Waals surface area (Å²) in [7, 11) is 0. The molecule has 0 radical (unpaired) electrons. The molecular formula is C14H16N4O3. The van der Waals surface area contributed by atoms with Gasteiger partial charge in [-0.15, -0.1) is 0 Å². The van der Waals surface area contributed by atoms with Gasteiger partial charge in [0.25, 0.3) is 5.91 Å². The quantitative estimate of drug-likeness (QED) is 0.755. The van der Waals surface area contributed by atoms with Crippen LogP contribution in [-0.2, 0) is 16.0 Å². The maximum Gasteiger partial charge on any atom is 0.322 e. The molecule has 0 saturated carbocycles. The van der Waals surface area contributed by atoms with E-state index in [4.69, 9.17) is 0 Å². The molecule has 0 aromatic carbocycles. The Morgan fingerprint density at radius 3 is 2.76 bits per heavy atom. The van der Waals surface area contributed by atoms with Gasteiger partial charge in [-0.1, -0.05) is 0 Å². The number of aromatic nitrogens is 1. The highest BCUT2D eigenvalue weighted by Crippen LogP contribution is 2.25. The number of rotatable bonds is 3. The predicted octanol–water partition coefficient (Wildman–Crippen LogP) is -0.175. The normalized spacial score (nSPS) is 24.3. The third-order valence-electron chi connectivity index (χ3n) is 4.01. The Hall–Kier alpha value is -2.44. The van der Waals surface area contributed by atoms with E-state index in [1.54, 1.807) is 17.3 Å². The number of amides is 4. The number of urea groups is 1. The van der Waals surface area contributed by atoms with Crippen molar-refractivity contribution >= 4 is 17.8 Å². The molecule has 2 fully saturated rings. The number of pyridine rings is 1. The number of imide groups is 1. The minimum atomic E-state index is -0.927. The molecule has 110 valence electrons. The van der Waals surface area contributed by atoms with E-state index < -0.39 is 11.6 Å². The largest absolute Gasteiger partial charge is 0.340 e. The number of nitrogens with one attached hydrogen (secondary N) is 2. The van der Waals surface area contributed by atoms with Crippen LogP contribution in [0.4, 0.5) is 4.79 Å². The van der Waals surface area contributed by atoms with E-state index in [1.165, 1.54) is 0 Å². The van der Waals surface area contributed by atoms with Gasteiger partial charge in [-0.3, -0.25) is 19.9 Å². The lowest BCUT2D eigenvalue weighted by molar-refractivity contribution is -0.130. The fourth-order valence-corrected chi connectivity index (χ4v) is 2.80. The summed E-state index contributed by atoms with van der Waals surface area (Å²) in [5, 5.41) is 4.87. The average molecular weight is 288 g/mol. The summed E-state index contributed by atoms with van der Waals surface area (Å²) < 4.78 is 0. The van der Waals surface area contributed by atoms with E-state index in [-0.39, 0.29) is 18.4 Å².